The Morgan fingerprint density at radius 2 is 1.97 bits per heavy atom. The average molecular weight is 512 g/mol. The van der Waals surface area contributed by atoms with E-state index in [9.17, 15) is 10.1 Å². The molecule has 3 aromatic rings. The van der Waals surface area contributed by atoms with Gasteiger partial charge in [0, 0.05) is 32.4 Å². The SMILES string of the molecule is COc1ccc(/C=C(\C#N)C(=O)Nc2ccc(C)c(Cl)c2)c(OCc2ccccc2Br)c1. The van der Waals surface area contributed by atoms with Crippen molar-refractivity contribution in [2.75, 3.05) is 12.4 Å². The van der Waals surface area contributed by atoms with Crippen molar-refractivity contribution in [1.82, 2.24) is 0 Å². The summed E-state index contributed by atoms with van der Waals surface area (Å²) in [6.07, 6.45) is 1.49. The third kappa shape index (κ3) is 5.91. The monoisotopic (exact) mass is 510 g/mol. The second-order valence-electron chi connectivity index (χ2n) is 6.87. The first-order valence-electron chi connectivity index (χ1n) is 9.65. The van der Waals surface area contributed by atoms with Crippen LogP contribution in [0.25, 0.3) is 6.08 Å². The van der Waals surface area contributed by atoms with E-state index in [0.29, 0.717) is 34.4 Å². The van der Waals surface area contributed by atoms with Gasteiger partial charge in [-0.3, -0.25) is 4.79 Å². The molecule has 0 aliphatic carbocycles. The number of rotatable bonds is 7. The molecule has 1 N–H and O–H groups in total. The Hall–Kier alpha value is -3.27. The van der Waals surface area contributed by atoms with E-state index >= 15 is 0 Å². The lowest BCUT2D eigenvalue weighted by Gasteiger charge is -2.12. The van der Waals surface area contributed by atoms with E-state index < -0.39 is 5.91 Å². The summed E-state index contributed by atoms with van der Waals surface area (Å²) >= 11 is 9.63. The summed E-state index contributed by atoms with van der Waals surface area (Å²) in [5.41, 5.74) is 2.86. The Labute approximate surface area is 200 Å². The fourth-order valence-electron chi connectivity index (χ4n) is 2.83. The smallest absolute Gasteiger partial charge is 0.266 e. The number of aryl methyl sites for hydroxylation is 1. The molecule has 3 rings (SSSR count). The van der Waals surface area contributed by atoms with Gasteiger partial charge in [0.1, 0.15) is 29.7 Å². The molecule has 0 unspecified atom stereocenters. The molecule has 32 heavy (non-hydrogen) atoms. The lowest BCUT2D eigenvalue weighted by molar-refractivity contribution is -0.112. The summed E-state index contributed by atoms with van der Waals surface area (Å²) < 4.78 is 12.2. The first kappa shape index (κ1) is 23.4. The molecule has 0 aliphatic heterocycles. The van der Waals surface area contributed by atoms with Gasteiger partial charge in [-0.25, -0.2) is 0 Å². The van der Waals surface area contributed by atoms with Crippen molar-refractivity contribution < 1.29 is 14.3 Å². The number of methoxy groups -OCH3 is 1. The van der Waals surface area contributed by atoms with Crippen LogP contribution >= 0.6 is 27.5 Å². The van der Waals surface area contributed by atoms with E-state index in [2.05, 4.69) is 21.2 Å². The zero-order valence-electron chi connectivity index (χ0n) is 17.5. The summed E-state index contributed by atoms with van der Waals surface area (Å²) in [4.78, 5) is 12.7. The maximum atomic E-state index is 12.7. The minimum Gasteiger partial charge on any atom is -0.497 e. The highest BCUT2D eigenvalue weighted by molar-refractivity contribution is 9.10. The van der Waals surface area contributed by atoms with Crippen LogP contribution in [0.4, 0.5) is 5.69 Å². The van der Waals surface area contributed by atoms with Crippen LogP contribution in [-0.2, 0) is 11.4 Å². The first-order chi connectivity index (χ1) is 15.4. The minimum atomic E-state index is -0.542. The fourth-order valence-corrected chi connectivity index (χ4v) is 3.41. The minimum absolute atomic E-state index is 0.0717. The number of nitrogens with zero attached hydrogens (tertiary/aromatic N) is 1. The Kier molecular flexibility index (Phi) is 7.93. The Balaban J connectivity index is 1.87. The summed E-state index contributed by atoms with van der Waals surface area (Å²) in [5, 5.41) is 12.8. The maximum absolute atomic E-state index is 12.7. The first-order valence-corrected chi connectivity index (χ1v) is 10.8. The summed E-state index contributed by atoms with van der Waals surface area (Å²) in [6.45, 7) is 2.17. The van der Waals surface area contributed by atoms with E-state index in [1.54, 1.807) is 43.5 Å². The predicted octanol–water partition coefficient (Wildman–Crippen LogP) is 6.54. The van der Waals surface area contributed by atoms with Gasteiger partial charge in [-0.05, 0) is 48.9 Å². The molecule has 7 heteroatoms. The van der Waals surface area contributed by atoms with Crippen LogP contribution in [0.3, 0.4) is 0 Å². The summed E-state index contributed by atoms with van der Waals surface area (Å²) in [5.74, 6) is 0.542. The van der Waals surface area contributed by atoms with Gasteiger partial charge < -0.3 is 14.8 Å². The van der Waals surface area contributed by atoms with Gasteiger partial charge in [-0.15, -0.1) is 0 Å². The summed E-state index contributed by atoms with van der Waals surface area (Å²) in [7, 11) is 1.56. The number of amides is 1. The van der Waals surface area contributed by atoms with Crippen molar-refractivity contribution in [3.8, 4) is 17.6 Å². The van der Waals surface area contributed by atoms with Crippen LogP contribution in [0, 0.1) is 18.3 Å². The largest absolute Gasteiger partial charge is 0.497 e. The molecule has 0 saturated carbocycles. The number of anilines is 1. The number of carbonyl (C=O) groups excluding carboxylic acids is 1. The van der Waals surface area contributed by atoms with Crippen molar-refractivity contribution in [1.29, 1.82) is 5.26 Å². The van der Waals surface area contributed by atoms with E-state index in [1.807, 2.05) is 37.3 Å². The average Bonchev–Trinajstić information content (AvgIpc) is 2.79. The maximum Gasteiger partial charge on any atom is 0.266 e. The highest BCUT2D eigenvalue weighted by Gasteiger charge is 2.13. The molecule has 0 radical (unpaired) electrons. The summed E-state index contributed by atoms with van der Waals surface area (Å²) in [6, 6.07) is 20.0. The molecule has 0 heterocycles. The van der Waals surface area contributed by atoms with Gasteiger partial charge in [0.25, 0.3) is 5.91 Å². The van der Waals surface area contributed by atoms with Crippen LogP contribution in [0.1, 0.15) is 16.7 Å². The Morgan fingerprint density at radius 1 is 1.19 bits per heavy atom. The molecule has 3 aromatic carbocycles. The van der Waals surface area contributed by atoms with E-state index in [4.69, 9.17) is 21.1 Å². The van der Waals surface area contributed by atoms with Gasteiger partial charge in [0.05, 0.1) is 7.11 Å². The van der Waals surface area contributed by atoms with Crippen molar-refractivity contribution in [2.45, 2.75) is 13.5 Å². The molecule has 0 spiro atoms. The van der Waals surface area contributed by atoms with Gasteiger partial charge in [0.15, 0.2) is 0 Å². The predicted molar refractivity (Wildman–Crippen MR) is 130 cm³/mol. The van der Waals surface area contributed by atoms with Crippen LogP contribution in [0.15, 0.2) is 70.7 Å². The normalized spacial score (nSPS) is 10.9. The van der Waals surface area contributed by atoms with E-state index in [-0.39, 0.29) is 5.57 Å². The third-order valence-electron chi connectivity index (χ3n) is 4.66. The Bertz CT molecular complexity index is 1220. The lowest BCUT2D eigenvalue weighted by atomic mass is 10.1. The molecule has 0 aliphatic rings. The highest BCUT2D eigenvalue weighted by atomic mass is 79.9. The second-order valence-corrected chi connectivity index (χ2v) is 8.13. The number of ether oxygens (including phenoxy) is 2. The van der Waals surface area contributed by atoms with Crippen molar-refractivity contribution >= 4 is 45.2 Å². The fraction of sp³-hybridized carbons (Fsp3) is 0.120. The van der Waals surface area contributed by atoms with Crippen LogP contribution < -0.4 is 14.8 Å². The molecule has 1 amide bonds. The van der Waals surface area contributed by atoms with E-state index in [0.717, 1.165) is 15.6 Å². The standard InChI is InChI=1S/C25H20BrClN2O3/c1-16-7-9-20(12-23(16)27)29-25(30)19(14-28)11-17-8-10-21(31-2)13-24(17)32-15-18-5-3-4-6-22(18)26/h3-13H,15H2,1-2H3,(H,29,30)/b19-11+. The van der Waals surface area contributed by atoms with Gasteiger partial charge in [-0.2, -0.15) is 5.26 Å². The molecule has 0 saturated heterocycles. The topological polar surface area (TPSA) is 71.3 Å². The molecule has 0 aromatic heterocycles. The lowest BCUT2D eigenvalue weighted by Crippen LogP contribution is -2.13. The van der Waals surface area contributed by atoms with Gasteiger partial charge in [-0.1, -0.05) is 51.8 Å². The van der Waals surface area contributed by atoms with Gasteiger partial charge >= 0.3 is 0 Å². The number of nitriles is 1. The van der Waals surface area contributed by atoms with Crippen molar-refractivity contribution in [2.24, 2.45) is 0 Å². The van der Waals surface area contributed by atoms with Gasteiger partial charge in [0.2, 0.25) is 0 Å². The molecule has 0 atom stereocenters. The number of hydrogen-bond acceptors (Lipinski definition) is 4. The zero-order chi connectivity index (χ0) is 23.1. The molecular weight excluding hydrogens is 492 g/mol. The molecular formula is C25H20BrClN2O3. The highest BCUT2D eigenvalue weighted by Crippen LogP contribution is 2.29. The number of benzene rings is 3. The molecule has 5 nitrogen and oxygen atoms in total. The van der Waals surface area contributed by atoms with Crippen LogP contribution in [-0.4, -0.2) is 13.0 Å². The number of hydrogen-bond donors (Lipinski definition) is 1. The number of halogens is 2. The van der Waals surface area contributed by atoms with Crippen molar-refractivity contribution in [3.63, 3.8) is 0 Å². The molecule has 0 fully saturated rings. The number of nitrogens with one attached hydrogen (secondary N) is 1. The van der Waals surface area contributed by atoms with Crippen LogP contribution in [0.2, 0.25) is 5.02 Å². The third-order valence-corrected chi connectivity index (χ3v) is 5.84. The Morgan fingerprint density at radius 3 is 2.66 bits per heavy atom. The van der Waals surface area contributed by atoms with Crippen LogP contribution in [0.5, 0.6) is 11.5 Å². The number of carbonyl (C=O) groups is 1. The molecule has 162 valence electrons. The quantitative estimate of drug-likeness (QED) is 0.289. The zero-order valence-corrected chi connectivity index (χ0v) is 19.8. The second kappa shape index (κ2) is 10.9. The molecule has 0 bridgehead atoms. The van der Waals surface area contributed by atoms with E-state index in [1.165, 1.54) is 6.08 Å². The van der Waals surface area contributed by atoms with Crippen molar-refractivity contribution in [3.05, 3.63) is 92.4 Å².